The second-order valence-corrected chi connectivity index (χ2v) is 10.5. The minimum Gasteiger partial charge on any atom is -0.493 e. The van der Waals surface area contributed by atoms with E-state index in [0.717, 1.165) is 12.0 Å². The van der Waals surface area contributed by atoms with Gasteiger partial charge in [0.1, 0.15) is 0 Å². The van der Waals surface area contributed by atoms with Crippen LogP contribution >= 0.6 is 0 Å². The van der Waals surface area contributed by atoms with Gasteiger partial charge >= 0.3 is 0 Å². The lowest BCUT2D eigenvalue weighted by molar-refractivity contribution is -0.145. The van der Waals surface area contributed by atoms with Crippen molar-refractivity contribution in [2.45, 2.75) is 66.1 Å². The molecule has 1 aromatic carbocycles. The summed E-state index contributed by atoms with van der Waals surface area (Å²) in [7, 11) is 1.59. The Morgan fingerprint density at radius 3 is 2.55 bits per heavy atom. The molecule has 3 aliphatic rings. The summed E-state index contributed by atoms with van der Waals surface area (Å²) in [6.07, 6.45) is 5.34. The Balaban J connectivity index is 1.39. The first-order chi connectivity index (χ1) is 15.6. The Morgan fingerprint density at radius 2 is 1.94 bits per heavy atom. The van der Waals surface area contributed by atoms with E-state index in [1.165, 1.54) is 18.6 Å². The lowest BCUT2D eigenvalue weighted by Crippen LogP contribution is -2.49. The van der Waals surface area contributed by atoms with Gasteiger partial charge < -0.3 is 19.1 Å². The van der Waals surface area contributed by atoms with Gasteiger partial charge in [0.05, 0.1) is 25.5 Å². The second-order valence-electron chi connectivity index (χ2n) is 10.5. The average Bonchev–Trinajstić information content (AvgIpc) is 3.10. The van der Waals surface area contributed by atoms with Crippen molar-refractivity contribution >= 4 is 17.8 Å². The van der Waals surface area contributed by atoms with Gasteiger partial charge in [-0.05, 0) is 68.2 Å². The van der Waals surface area contributed by atoms with Gasteiger partial charge in [0.15, 0.2) is 18.1 Å². The number of hydrogen-bond donors (Lipinski definition) is 0. The lowest BCUT2D eigenvalue weighted by Gasteiger charge is -2.35. The Bertz CT molecular complexity index is 947. The molecule has 4 rings (SSSR count). The first kappa shape index (κ1) is 23.7. The van der Waals surface area contributed by atoms with Crippen LogP contribution in [0, 0.1) is 16.7 Å². The van der Waals surface area contributed by atoms with Gasteiger partial charge in [-0.2, -0.15) is 10.2 Å². The molecule has 7 heteroatoms. The van der Waals surface area contributed by atoms with Crippen molar-refractivity contribution in [1.29, 1.82) is 0 Å². The fourth-order valence-electron chi connectivity index (χ4n) is 5.74. The van der Waals surface area contributed by atoms with Crippen molar-refractivity contribution in [3.63, 3.8) is 0 Å². The fraction of sp³-hybridized carbons (Fsp3) is 0.654. The third-order valence-electron chi connectivity index (χ3n) is 8.21. The predicted octanol–water partition coefficient (Wildman–Crippen LogP) is 4.33. The topological polar surface area (TPSA) is 72.7 Å². The highest BCUT2D eigenvalue weighted by Gasteiger charge is 2.60. The Labute approximate surface area is 197 Å². The molecule has 1 aliphatic heterocycles. The number of benzene rings is 1. The molecule has 0 aromatic heterocycles. The van der Waals surface area contributed by atoms with Crippen LogP contribution in [0.2, 0.25) is 0 Å². The Kier molecular flexibility index (Phi) is 6.54. The van der Waals surface area contributed by atoms with Crippen molar-refractivity contribution in [2.75, 3.05) is 26.8 Å². The van der Waals surface area contributed by atoms with Gasteiger partial charge in [0.25, 0.3) is 5.91 Å². The van der Waals surface area contributed by atoms with Crippen LogP contribution in [-0.4, -0.2) is 61.7 Å². The number of rotatable bonds is 6. The Morgan fingerprint density at radius 1 is 1.21 bits per heavy atom. The minimum absolute atomic E-state index is 0.0300. The van der Waals surface area contributed by atoms with Crippen molar-refractivity contribution in [3.8, 4) is 11.5 Å². The summed E-state index contributed by atoms with van der Waals surface area (Å²) in [4.78, 5) is 14.4. The largest absolute Gasteiger partial charge is 0.493 e. The minimum atomic E-state index is -0.0530. The van der Waals surface area contributed by atoms with E-state index in [1.807, 2.05) is 32.0 Å². The van der Waals surface area contributed by atoms with Crippen molar-refractivity contribution < 1.29 is 19.0 Å². The van der Waals surface area contributed by atoms with Crippen LogP contribution < -0.4 is 9.47 Å². The molecule has 1 heterocycles. The number of nitrogens with zero attached hydrogens (tertiary/aromatic N) is 3. The summed E-state index contributed by atoms with van der Waals surface area (Å²) in [5.41, 5.74) is 2.53. The first-order valence-corrected chi connectivity index (χ1v) is 12.0. The van der Waals surface area contributed by atoms with Crippen LogP contribution in [0.3, 0.4) is 0 Å². The van der Waals surface area contributed by atoms with Crippen LogP contribution in [0.25, 0.3) is 0 Å². The molecular weight excluding hydrogens is 418 g/mol. The molecular formula is C26H37N3O4. The van der Waals surface area contributed by atoms with E-state index in [0.29, 0.717) is 30.5 Å². The van der Waals surface area contributed by atoms with Crippen LogP contribution in [0.1, 0.15) is 59.4 Å². The number of carbonyl (C=O) groups excluding carboxylic acids is 1. The molecule has 33 heavy (non-hydrogen) atoms. The summed E-state index contributed by atoms with van der Waals surface area (Å²) in [6, 6.07) is 5.57. The van der Waals surface area contributed by atoms with E-state index >= 15 is 0 Å². The van der Waals surface area contributed by atoms with Gasteiger partial charge in [0.2, 0.25) is 0 Å². The summed E-state index contributed by atoms with van der Waals surface area (Å²) in [5, 5.41) is 9.03. The normalized spacial score (nSPS) is 32.0. The number of methoxy groups -OCH3 is 1. The molecule has 2 aliphatic carbocycles. The van der Waals surface area contributed by atoms with E-state index in [4.69, 9.17) is 14.2 Å². The number of ether oxygens (including phenoxy) is 3. The zero-order valence-electron chi connectivity index (χ0n) is 20.8. The number of fused-ring (bicyclic) bond motifs is 2. The molecule has 3 fully saturated rings. The number of amides is 1. The molecule has 0 radical (unpaired) electrons. The summed E-state index contributed by atoms with van der Waals surface area (Å²) in [5.74, 6) is 1.75. The molecule has 4 unspecified atom stereocenters. The van der Waals surface area contributed by atoms with Crippen LogP contribution in [0.4, 0.5) is 0 Å². The highest BCUT2D eigenvalue weighted by Crippen LogP contribution is 2.64. The quantitative estimate of drug-likeness (QED) is 0.473. The lowest BCUT2D eigenvalue weighted by atomic mass is 9.70. The number of morpholine rings is 1. The van der Waals surface area contributed by atoms with Crippen LogP contribution in [0.15, 0.2) is 28.4 Å². The molecule has 1 saturated heterocycles. The molecule has 1 aromatic rings. The maximum absolute atomic E-state index is 12.6. The maximum atomic E-state index is 12.6. The van der Waals surface area contributed by atoms with Crippen molar-refractivity contribution in [3.05, 3.63) is 23.8 Å². The standard InChI is InChI=1S/C26H37N3O4/c1-17-14-29(15-18(2)33-17)24(30)16-32-21-8-7-19(11-22(21)31-6)13-27-28-23-12-20-9-10-26(23,5)25(20,3)4/h7-8,11,13,17-18,20H,9-10,12,14-16H2,1-6H3/b27-13+,28-23+. The van der Waals surface area contributed by atoms with Gasteiger partial charge in [-0.1, -0.05) is 20.8 Å². The van der Waals surface area contributed by atoms with Gasteiger partial charge in [-0.25, -0.2) is 0 Å². The van der Waals surface area contributed by atoms with Crippen LogP contribution in [-0.2, 0) is 9.53 Å². The molecule has 7 nitrogen and oxygen atoms in total. The smallest absolute Gasteiger partial charge is 0.260 e. The summed E-state index contributed by atoms with van der Waals surface area (Å²) >= 11 is 0. The van der Waals surface area contributed by atoms with Gasteiger partial charge in [-0.15, -0.1) is 0 Å². The van der Waals surface area contributed by atoms with E-state index in [-0.39, 0.29) is 35.6 Å². The summed E-state index contributed by atoms with van der Waals surface area (Å²) in [6.45, 7) is 12.1. The molecule has 0 spiro atoms. The predicted molar refractivity (Wildman–Crippen MR) is 129 cm³/mol. The fourth-order valence-corrected chi connectivity index (χ4v) is 5.74. The van der Waals surface area contributed by atoms with Crippen LogP contribution in [0.5, 0.6) is 11.5 Å². The zero-order chi connectivity index (χ0) is 23.8. The highest BCUT2D eigenvalue weighted by atomic mass is 16.5. The molecule has 1 amide bonds. The monoisotopic (exact) mass is 455 g/mol. The third-order valence-corrected chi connectivity index (χ3v) is 8.21. The highest BCUT2D eigenvalue weighted by molar-refractivity contribution is 5.94. The van der Waals surface area contributed by atoms with Crippen molar-refractivity contribution in [2.24, 2.45) is 27.0 Å². The second kappa shape index (κ2) is 9.09. The van der Waals surface area contributed by atoms with Gasteiger partial charge in [0, 0.05) is 24.2 Å². The molecule has 180 valence electrons. The number of carbonyl (C=O) groups is 1. The molecule has 4 atom stereocenters. The van der Waals surface area contributed by atoms with Gasteiger partial charge in [-0.3, -0.25) is 4.79 Å². The van der Waals surface area contributed by atoms with Crippen molar-refractivity contribution in [1.82, 2.24) is 4.90 Å². The molecule has 2 bridgehead atoms. The maximum Gasteiger partial charge on any atom is 0.260 e. The first-order valence-electron chi connectivity index (χ1n) is 12.0. The van der Waals surface area contributed by atoms with E-state index in [1.54, 1.807) is 18.2 Å². The third kappa shape index (κ3) is 4.52. The SMILES string of the molecule is COc1cc(/C=N/N=C2\CC3CCC2(C)C3(C)C)ccc1OCC(=O)N1CC(C)OC(C)C1. The van der Waals surface area contributed by atoms with E-state index in [9.17, 15) is 4.79 Å². The Hall–Kier alpha value is -2.41. The van der Waals surface area contributed by atoms with E-state index in [2.05, 4.69) is 31.0 Å². The van der Waals surface area contributed by atoms with E-state index < -0.39 is 0 Å². The average molecular weight is 456 g/mol. The molecule has 0 N–H and O–H groups in total. The zero-order valence-corrected chi connectivity index (χ0v) is 20.8. The molecule has 2 saturated carbocycles. The number of hydrogen-bond acceptors (Lipinski definition) is 6. The summed E-state index contributed by atoms with van der Waals surface area (Å²) < 4.78 is 17.0.